The van der Waals surface area contributed by atoms with Crippen molar-refractivity contribution < 1.29 is 4.42 Å². The van der Waals surface area contributed by atoms with E-state index in [-0.39, 0.29) is 0 Å². The summed E-state index contributed by atoms with van der Waals surface area (Å²) >= 11 is 1.72. The first-order chi connectivity index (χ1) is 8.84. The molecule has 3 aromatic rings. The highest BCUT2D eigenvalue weighted by atomic mass is 32.2. The fourth-order valence-electron chi connectivity index (χ4n) is 2.44. The van der Waals surface area contributed by atoms with E-state index in [0.717, 1.165) is 27.2 Å². The van der Waals surface area contributed by atoms with Crippen molar-refractivity contribution in [2.45, 2.75) is 4.90 Å². The molecule has 0 N–H and O–H groups in total. The molecule has 0 unspecified atom stereocenters. The highest BCUT2D eigenvalue weighted by molar-refractivity contribution is 8.08. The molecule has 0 fully saturated rings. The Morgan fingerprint density at radius 1 is 0.944 bits per heavy atom. The van der Waals surface area contributed by atoms with Gasteiger partial charge in [0.15, 0.2) is 0 Å². The van der Waals surface area contributed by atoms with Crippen molar-refractivity contribution in [1.29, 1.82) is 0 Å². The van der Waals surface area contributed by atoms with Crippen LogP contribution in [-0.2, 0) is 0 Å². The third-order valence-electron chi connectivity index (χ3n) is 3.24. The van der Waals surface area contributed by atoms with Gasteiger partial charge in [0, 0.05) is 26.3 Å². The molecule has 1 aliphatic rings. The average molecular weight is 250 g/mol. The molecule has 0 amide bonds. The maximum atomic E-state index is 6.01. The first-order valence-corrected chi connectivity index (χ1v) is 6.64. The lowest BCUT2D eigenvalue weighted by Crippen LogP contribution is -1.91. The summed E-state index contributed by atoms with van der Waals surface area (Å²) in [4.78, 5) is 2.28. The number of thioether (sulfide) groups is 1. The van der Waals surface area contributed by atoms with Crippen LogP contribution in [0.25, 0.3) is 27.2 Å². The Bertz CT molecular complexity index is 783. The summed E-state index contributed by atoms with van der Waals surface area (Å²) in [6, 6.07) is 16.5. The highest BCUT2D eigenvalue weighted by Gasteiger charge is 2.25. The van der Waals surface area contributed by atoms with E-state index in [2.05, 4.69) is 24.8 Å². The summed E-state index contributed by atoms with van der Waals surface area (Å²) in [5.41, 5.74) is 3.25. The van der Waals surface area contributed by atoms with Crippen molar-refractivity contribution >= 4 is 27.6 Å². The molecule has 0 spiro atoms. The first-order valence-electron chi connectivity index (χ1n) is 5.82. The standard InChI is InChI=1S/C16H10OS/c1-10-15-11-6-2-4-8-13(11)17-16(15)12-7-3-5-9-14(12)18-10/h2-9H,1H2. The Hall–Kier alpha value is -1.93. The van der Waals surface area contributed by atoms with Crippen molar-refractivity contribution in [2.75, 3.05) is 0 Å². The number of para-hydroxylation sites is 1. The molecule has 1 aromatic heterocycles. The molecule has 0 saturated carbocycles. The van der Waals surface area contributed by atoms with Gasteiger partial charge in [-0.2, -0.15) is 0 Å². The fourth-order valence-corrected chi connectivity index (χ4v) is 3.43. The Morgan fingerprint density at radius 3 is 2.67 bits per heavy atom. The van der Waals surface area contributed by atoms with E-state index in [1.54, 1.807) is 11.8 Å². The zero-order chi connectivity index (χ0) is 12.1. The van der Waals surface area contributed by atoms with Crippen LogP contribution in [0.3, 0.4) is 0 Å². The summed E-state index contributed by atoms with van der Waals surface area (Å²) in [5.74, 6) is 0.954. The second kappa shape index (κ2) is 3.53. The second-order valence-electron chi connectivity index (χ2n) is 4.32. The average Bonchev–Trinajstić information content (AvgIpc) is 2.79. The van der Waals surface area contributed by atoms with Crippen molar-refractivity contribution in [3.05, 3.63) is 60.7 Å². The van der Waals surface area contributed by atoms with E-state index >= 15 is 0 Å². The predicted octanol–water partition coefficient (Wildman–Crippen LogP) is 5.18. The Balaban J connectivity index is 2.16. The van der Waals surface area contributed by atoms with Gasteiger partial charge in [-0.25, -0.2) is 0 Å². The molecule has 0 saturated heterocycles. The van der Waals surface area contributed by atoms with Gasteiger partial charge >= 0.3 is 0 Å². The van der Waals surface area contributed by atoms with E-state index in [1.807, 2.05) is 30.3 Å². The maximum absolute atomic E-state index is 6.01. The van der Waals surface area contributed by atoms with E-state index in [4.69, 9.17) is 4.42 Å². The Labute approximate surface area is 109 Å². The van der Waals surface area contributed by atoms with Crippen LogP contribution in [-0.4, -0.2) is 0 Å². The maximum Gasteiger partial charge on any atom is 0.144 e. The number of fused-ring (bicyclic) bond motifs is 5. The second-order valence-corrected chi connectivity index (χ2v) is 5.46. The van der Waals surface area contributed by atoms with Crippen LogP contribution in [0.4, 0.5) is 0 Å². The molecule has 1 aliphatic heterocycles. The number of rotatable bonds is 0. The van der Waals surface area contributed by atoms with Gasteiger partial charge in [0.1, 0.15) is 11.3 Å². The predicted molar refractivity (Wildman–Crippen MR) is 76.5 cm³/mol. The molecule has 4 rings (SSSR count). The Kier molecular flexibility index (Phi) is 1.97. The van der Waals surface area contributed by atoms with Crippen LogP contribution in [0.2, 0.25) is 0 Å². The lowest BCUT2D eigenvalue weighted by atomic mass is 10.0. The molecule has 1 nitrogen and oxygen atoms in total. The summed E-state index contributed by atoms with van der Waals surface area (Å²) in [7, 11) is 0. The zero-order valence-corrected chi connectivity index (χ0v) is 10.5. The number of hydrogen-bond donors (Lipinski definition) is 0. The van der Waals surface area contributed by atoms with Gasteiger partial charge in [0.25, 0.3) is 0 Å². The molecule has 86 valence electrons. The lowest BCUT2D eigenvalue weighted by molar-refractivity contribution is 0.629. The molecule has 0 aliphatic carbocycles. The van der Waals surface area contributed by atoms with Crippen molar-refractivity contribution in [2.24, 2.45) is 0 Å². The van der Waals surface area contributed by atoms with Gasteiger partial charge in [-0.1, -0.05) is 54.7 Å². The van der Waals surface area contributed by atoms with Gasteiger partial charge in [-0.05, 0) is 12.1 Å². The molecule has 2 heteroatoms. The summed E-state index contributed by atoms with van der Waals surface area (Å²) in [6.07, 6.45) is 0. The van der Waals surface area contributed by atoms with E-state index in [1.165, 1.54) is 10.5 Å². The van der Waals surface area contributed by atoms with Crippen LogP contribution in [0.15, 0.2) is 64.4 Å². The molecule has 2 heterocycles. The fraction of sp³-hybridized carbons (Fsp3) is 0. The third kappa shape index (κ3) is 1.24. The Morgan fingerprint density at radius 2 is 1.72 bits per heavy atom. The lowest BCUT2D eigenvalue weighted by Gasteiger charge is -2.16. The SMILES string of the molecule is C=C1Sc2ccccc2-c2oc3ccccc3c21. The summed E-state index contributed by atoms with van der Waals surface area (Å²) in [6.45, 7) is 4.18. The molecule has 18 heavy (non-hydrogen) atoms. The van der Waals surface area contributed by atoms with Crippen molar-refractivity contribution in [1.82, 2.24) is 0 Å². The largest absolute Gasteiger partial charge is 0.455 e. The van der Waals surface area contributed by atoms with Crippen LogP contribution < -0.4 is 0 Å². The molecule has 0 atom stereocenters. The monoisotopic (exact) mass is 250 g/mol. The summed E-state index contributed by atoms with van der Waals surface area (Å²) < 4.78 is 6.01. The smallest absolute Gasteiger partial charge is 0.144 e. The van der Waals surface area contributed by atoms with E-state index < -0.39 is 0 Å². The number of furan rings is 1. The van der Waals surface area contributed by atoms with E-state index in [9.17, 15) is 0 Å². The van der Waals surface area contributed by atoms with Gasteiger partial charge < -0.3 is 4.42 Å². The normalized spacial score (nSPS) is 13.4. The van der Waals surface area contributed by atoms with Crippen LogP contribution in [0.5, 0.6) is 0 Å². The summed E-state index contributed by atoms with van der Waals surface area (Å²) in [5, 5.41) is 1.15. The minimum absolute atomic E-state index is 0.931. The topological polar surface area (TPSA) is 13.1 Å². The number of hydrogen-bond acceptors (Lipinski definition) is 2. The van der Waals surface area contributed by atoms with Crippen LogP contribution in [0, 0.1) is 0 Å². The molecular weight excluding hydrogens is 240 g/mol. The number of benzene rings is 2. The minimum Gasteiger partial charge on any atom is -0.455 e. The van der Waals surface area contributed by atoms with Crippen molar-refractivity contribution in [3.8, 4) is 11.3 Å². The highest BCUT2D eigenvalue weighted by Crippen LogP contribution is 2.51. The van der Waals surface area contributed by atoms with Gasteiger partial charge in [0.2, 0.25) is 0 Å². The van der Waals surface area contributed by atoms with Gasteiger partial charge in [-0.3, -0.25) is 0 Å². The van der Waals surface area contributed by atoms with Crippen molar-refractivity contribution in [3.63, 3.8) is 0 Å². The third-order valence-corrected chi connectivity index (χ3v) is 4.27. The molecular formula is C16H10OS. The minimum atomic E-state index is 0.931. The van der Waals surface area contributed by atoms with Gasteiger partial charge in [-0.15, -0.1) is 0 Å². The zero-order valence-electron chi connectivity index (χ0n) is 9.64. The molecule has 0 bridgehead atoms. The molecule has 2 aromatic carbocycles. The van der Waals surface area contributed by atoms with Gasteiger partial charge in [0.05, 0.1) is 0 Å². The van der Waals surface area contributed by atoms with Crippen LogP contribution >= 0.6 is 11.8 Å². The van der Waals surface area contributed by atoms with Crippen LogP contribution in [0.1, 0.15) is 5.56 Å². The van der Waals surface area contributed by atoms with E-state index in [0.29, 0.717) is 0 Å². The molecule has 0 radical (unpaired) electrons. The quantitative estimate of drug-likeness (QED) is 0.545. The first kappa shape index (κ1) is 10.0.